The van der Waals surface area contributed by atoms with Crippen molar-refractivity contribution in [3.05, 3.63) is 0 Å². The lowest BCUT2D eigenvalue weighted by molar-refractivity contribution is 3.20. The van der Waals surface area contributed by atoms with Gasteiger partial charge in [0, 0.05) is 474 Å². The van der Waals surface area contributed by atoms with Crippen molar-refractivity contribution >= 4 is 474 Å². The van der Waals surface area contributed by atoms with E-state index >= 15 is 0 Å². The minimum Gasteiger partial charge on any atom is -0.0388 e. The van der Waals surface area contributed by atoms with E-state index in [0.29, 0.717) is 0 Å². The molecule has 0 spiro atoms. The molecule has 0 aromatic rings. The third-order valence-corrected chi connectivity index (χ3v) is 13.8. The Morgan fingerprint density at radius 3 is 0.343 bits per heavy atom. The second kappa shape index (κ2) is 32.9. The minimum atomic E-state index is -2.02. The number of hydrogen-bond acceptors (Lipinski definition) is 0. The number of rotatable bonds is 32. The maximum atomic E-state index is 11.3. The first-order chi connectivity index (χ1) is 30.9. The molecule has 0 rings (SSSR count). The summed E-state index contributed by atoms with van der Waals surface area (Å²) in [5.41, 5.74) is 0. The molecule has 0 aromatic carbocycles. The van der Waals surface area contributed by atoms with E-state index in [-0.39, 0.29) is 0 Å². The van der Waals surface area contributed by atoms with Crippen molar-refractivity contribution in [1.29, 1.82) is 1.34 Å². The van der Waals surface area contributed by atoms with Crippen LogP contribution in [-0.4, -0.2) is 476 Å². The molecule has 0 fully saturated rings. The topological polar surface area (TPSA) is 0 Å². The Balaban J connectivity index is 10.9. The molecule has 68 radical (unpaired) electrons. The maximum absolute atomic E-state index is 11.3. The fourth-order valence-corrected chi connectivity index (χ4v) is 11.3. The third-order valence-electron chi connectivity index (χ3n) is 13.8. The molecule has 0 aliphatic heterocycles. The molecule has 0 aromatic heterocycles. The Morgan fingerprint density at radius 1 is 0.149 bits per heavy atom. The van der Waals surface area contributed by atoms with Crippen molar-refractivity contribution in [1.82, 2.24) is 0 Å². The zero-order valence-electron chi connectivity index (χ0n) is 39.7. The van der Waals surface area contributed by atoms with Gasteiger partial charge in [-0.3, -0.25) is 0 Å². The molecule has 202 valence electrons. The molecule has 0 nitrogen and oxygen atoms in total. The average molecular weight is 726 g/mol. The molecule has 0 heterocycles. The first-order valence-electron chi connectivity index (χ1n) is 22.6. The molecule has 0 aliphatic carbocycles. The van der Waals surface area contributed by atoms with Crippen LogP contribution in [0.2, 0.25) is 0 Å². The van der Waals surface area contributed by atoms with Crippen LogP contribution in [0.1, 0.15) is 0 Å². The van der Waals surface area contributed by atoms with E-state index in [1.807, 2.05) is 0 Å². The van der Waals surface area contributed by atoms with Crippen molar-refractivity contribution in [2.75, 3.05) is 0 Å². The zero-order chi connectivity index (χ0) is 54.1. The van der Waals surface area contributed by atoms with Crippen molar-refractivity contribution in [2.24, 2.45) is 0 Å². The summed E-state index contributed by atoms with van der Waals surface area (Å²) in [5.74, 6) is 0. The predicted octanol–water partition coefficient (Wildman–Crippen LogP) is -25.8. The Labute approximate surface area is 471 Å². The van der Waals surface area contributed by atoms with E-state index in [2.05, 4.69) is 0 Å². The monoisotopic (exact) mass is 740 g/mol. The van der Waals surface area contributed by atoms with Gasteiger partial charge in [-0.1, -0.05) is 0 Å². The molecule has 0 saturated carbocycles. The molecule has 0 amide bonds. The highest BCUT2D eigenvalue weighted by Gasteiger charge is 2.60. The van der Waals surface area contributed by atoms with Crippen LogP contribution in [0.25, 0.3) is 0 Å². The Kier molecular flexibility index (Phi) is 34.1. The SMILES string of the molecule is [2H]B(B(B(B(B([B])[B])B([B])[B])B(B([B])[B])B([B])[B])B(B(B([B])[B])B([B])[B])B(B([B])[B])B([B])[B])B(B(B(B([B])[B])B([B])[B])B(B([B])[B])B([B])[B])B(B(B([B])[B])B([B])[B])B(B([B])[B])B(B([B])[B])B([B])[B]. The van der Waals surface area contributed by atoms with Crippen LogP contribution >= 0.6 is 0 Å². The molecule has 67 heteroatoms. The summed E-state index contributed by atoms with van der Waals surface area (Å²) in [4.78, 5) is 0. The Bertz CT molecular complexity index is 1120. The summed E-state index contributed by atoms with van der Waals surface area (Å²) in [6, 6.07) is 0. The molecule has 0 N–H and O–H groups in total. The van der Waals surface area contributed by atoms with Gasteiger partial charge in [-0.15, -0.1) is 0 Å². The molecular formula is HB67. The molecule has 0 saturated heterocycles. The molecule has 0 aliphatic rings. The van der Waals surface area contributed by atoms with Crippen molar-refractivity contribution in [3.8, 4) is 0 Å². The standard InChI is InChI=1S/B67H/c1-36(2)55(37(3)4)63(52(33)34)67(62(50(29)30)51(31)32)54(66(60(46(21)22)47(23)24)61(48(25)26)49(27)28)35-53(64(56(38(5)6)39(7)8)57(40(9)10)41(11)12)65(58(42(13)14)43(15)16)59(44(17)18)45(19)20/h35H/i35D. The summed E-state index contributed by atoms with van der Waals surface area (Å²) in [5, 5.41) is 0. The average Bonchev–Trinajstić information content (AvgIpc) is 3.10. The van der Waals surface area contributed by atoms with Gasteiger partial charge in [0.1, 0.15) is 0 Å². The normalized spacial score (nSPS) is 9.94. The van der Waals surface area contributed by atoms with Crippen LogP contribution < -0.4 is 0 Å². The van der Waals surface area contributed by atoms with Crippen molar-refractivity contribution < 1.29 is 0 Å². The minimum absolute atomic E-state index is 1.34. The lowest BCUT2D eigenvalue weighted by Crippen LogP contribution is -2.93. The van der Waals surface area contributed by atoms with Gasteiger partial charge in [0.2, 0.25) is 0 Å². The second-order valence-corrected chi connectivity index (χ2v) is 18.7. The van der Waals surface area contributed by atoms with Crippen LogP contribution in [-0.2, 0) is 0 Å². The quantitative estimate of drug-likeness (QED) is 0.0606. The summed E-state index contributed by atoms with van der Waals surface area (Å²) in [7, 11) is 222. The van der Waals surface area contributed by atoms with Gasteiger partial charge in [0.25, 0.3) is 0 Å². The molecule has 0 bridgehead atoms. The first kappa shape index (κ1) is 69.4. The van der Waals surface area contributed by atoms with Crippen LogP contribution in [0.3, 0.4) is 0 Å². The molecule has 67 heavy (non-hydrogen) atoms. The van der Waals surface area contributed by atoms with E-state index in [9.17, 15) is 1.34 Å². The zero-order valence-corrected chi connectivity index (χ0v) is 38.7. The summed E-state index contributed by atoms with van der Waals surface area (Å²) in [6.07, 6.45) is -48.5. The summed E-state index contributed by atoms with van der Waals surface area (Å²) >= 11 is 0. The molecule has 0 atom stereocenters. The van der Waals surface area contributed by atoms with E-state index in [1.165, 1.54) is 0 Å². The van der Waals surface area contributed by atoms with E-state index < -0.39 is 211 Å². The maximum Gasteiger partial charge on any atom is 0.0273 e. The fourth-order valence-electron chi connectivity index (χ4n) is 11.3. The predicted molar refractivity (Wildman–Crippen MR) is 387 cm³/mol. The van der Waals surface area contributed by atoms with Gasteiger partial charge in [-0.2, -0.15) is 0 Å². The first-order valence-corrected chi connectivity index (χ1v) is 22.0. The Morgan fingerprint density at radius 2 is 0.239 bits per heavy atom. The summed E-state index contributed by atoms with van der Waals surface area (Å²) in [6.45, 7) is 0. The van der Waals surface area contributed by atoms with E-state index in [4.69, 9.17) is 263 Å². The van der Waals surface area contributed by atoms with Gasteiger partial charge in [0.15, 0.2) is 0 Å². The molecular weight excluding hydrogens is 724 g/mol. The highest BCUT2D eigenvalue weighted by atomic mass is 13.4. The largest absolute Gasteiger partial charge is 0.0388 e. The van der Waals surface area contributed by atoms with Crippen molar-refractivity contribution in [3.63, 3.8) is 0 Å². The highest BCUT2D eigenvalue weighted by Crippen LogP contribution is 2.21. The third kappa shape index (κ3) is 20.0. The van der Waals surface area contributed by atoms with Crippen LogP contribution in [0.5, 0.6) is 0 Å². The second-order valence-electron chi connectivity index (χ2n) is 18.7. The van der Waals surface area contributed by atoms with Crippen LogP contribution in [0, 0.1) is 0 Å². The fraction of sp³-hybridized carbons (Fsp3) is 0. The van der Waals surface area contributed by atoms with E-state index in [0.717, 1.165) is 0 Å². The van der Waals surface area contributed by atoms with Crippen molar-refractivity contribution in [2.45, 2.75) is 0 Å². The Hall–Kier alpha value is 4.35. The van der Waals surface area contributed by atoms with Gasteiger partial charge in [0.05, 0.1) is 0 Å². The lowest BCUT2D eigenvalue weighted by Gasteiger charge is -2.55. The molecule has 0 unspecified atom stereocenters. The van der Waals surface area contributed by atoms with Gasteiger partial charge >= 0.3 is 0 Å². The lowest BCUT2D eigenvalue weighted by atomic mass is 8.26. The van der Waals surface area contributed by atoms with Crippen LogP contribution in [0.15, 0.2) is 0 Å². The summed E-state index contributed by atoms with van der Waals surface area (Å²) < 4.78 is 11.3. The highest BCUT2D eigenvalue weighted by molar-refractivity contribution is 8.35. The van der Waals surface area contributed by atoms with Crippen LogP contribution in [0.4, 0.5) is 0 Å². The van der Waals surface area contributed by atoms with Gasteiger partial charge in [-0.25, -0.2) is 0 Å². The van der Waals surface area contributed by atoms with Gasteiger partial charge in [-0.05, 0) is 1.34 Å². The smallest absolute Gasteiger partial charge is 0.0273 e. The number of hydrogen-bond donors (Lipinski definition) is 0. The van der Waals surface area contributed by atoms with Gasteiger partial charge < -0.3 is 0 Å². The van der Waals surface area contributed by atoms with E-state index in [1.54, 1.807) is 0 Å².